The van der Waals surface area contributed by atoms with Crippen molar-refractivity contribution in [3.05, 3.63) is 35.9 Å². The van der Waals surface area contributed by atoms with Crippen LogP contribution in [0, 0.1) is 0 Å². The monoisotopic (exact) mass is 209 g/mol. The lowest BCUT2D eigenvalue weighted by Gasteiger charge is -2.16. The summed E-state index contributed by atoms with van der Waals surface area (Å²) in [6, 6.07) is 6.64. The SMILES string of the molecule is N[C@H](C(=O)O)[C@@H](C(=O)O)c1ccccc1. The Morgan fingerprint density at radius 3 is 2.00 bits per heavy atom. The first kappa shape index (κ1) is 11.2. The van der Waals surface area contributed by atoms with E-state index in [-0.39, 0.29) is 0 Å². The molecule has 0 radical (unpaired) electrons. The predicted octanol–water partition coefficient (Wildman–Crippen LogP) is 0.267. The molecule has 15 heavy (non-hydrogen) atoms. The molecule has 1 aromatic rings. The minimum Gasteiger partial charge on any atom is -0.481 e. The van der Waals surface area contributed by atoms with Gasteiger partial charge in [-0.1, -0.05) is 30.3 Å². The van der Waals surface area contributed by atoms with Crippen LogP contribution in [0.25, 0.3) is 0 Å². The highest BCUT2D eigenvalue weighted by Crippen LogP contribution is 2.18. The minimum absolute atomic E-state index is 0.389. The van der Waals surface area contributed by atoms with Gasteiger partial charge in [0.05, 0.1) is 0 Å². The molecule has 0 spiro atoms. The van der Waals surface area contributed by atoms with Crippen molar-refractivity contribution in [1.82, 2.24) is 0 Å². The van der Waals surface area contributed by atoms with E-state index in [4.69, 9.17) is 15.9 Å². The first-order chi connectivity index (χ1) is 7.04. The van der Waals surface area contributed by atoms with Gasteiger partial charge in [0.25, 0.3) is 0 Å². The average Bonchev–Trinajstić information content (AvgIpc) is 2.18. The van der Waals surface area contributed by atoms with Gasteiger partial charge in [-0.05, 0) is 5.56 Å². The van der Waals surface area contributed by atoms with Crippen LogP contribution >= 0.6 is 0 Å². The summed E-state index contributed by atoms with van der Waals surface area (Å²) in [6.07, 6.45) is 0. The van der Waals surface area contributed by atoms with Gasteiger partial charge in [-0.3, -0.25) is 9.59 Å². The average molecular weight is 209 g/mol. The normalized spacial score (nSPS) is 14.2. The summed E-state index contributed by atoms with van der Waals surface area (Å²) in [5.74, 6) is -3.79. The summed E-state index contributed by atoms with van der Waals surface area (Å²) in [5, 5.41) is 17.6. The first-order valence-electron chi connectivity index (χ1n) is 4.30. The van der Waals surface area contributed by atoms with E-state index in [1.54, 1.807) is 30.3 Å². The van der Waals surface area contributed by atoms with Crippen molar-refractivity contribution >= 4 is 11.9 Å². The highest BCUT2D eigenvalue weighted by molar-refractivity contribution is 5.86. The standard InChI is InChI=1S/C10H11NO4/c11-8(10(14)15)7(9(12)13)6-4-2-1-3-5-6/h1-5,7-8H,11H2,(H,12,13)(H,14,15)/t7-,8-/m0/s1. The fourth-order valence-electron chi connectivity index (χ4n) is 1.31. The van der Waals surface area contributed by atoms with E-state index in [1.165, 1.54) is 0 Å². The lowest BCUT2D eigenvalue weighted by atomic mass is 9.92. The fraction of sp³-hybridized carbons (Fsp3) is 0.200. The smallest absolute Gasteiger partial charge is 0.321 e. The number of rotatable bonds is 4. The molecule has 0 aliphatic carbocycles. The van der Waals surface area contributed by atoms with Crippen LogP contribution in [0.4, 0.5) is 0 Å². The van der Waals surface area contributed by atoms with E-state index in [9.17, 15) is 9.59 Å². The molecule has 0 unspecified atom stereocenters. The number of aliphatic carboxylic acids is 2. The van der Waals surface area contributed by atoms with Crippen LogP contribution in [0.3, 0.4) is 0 Å². The molecule has 1 aromatic carbocycles. The third-order valence-corrected chi connectivity index (χ3v) is 2.07. The van der Waals surface area contributed by atoms with Crippen LogP contribution < -0.4 is 5.73 Å². The van der Waals surface area contributed by atoms with E-state index in [1.807, 2.05) is 0 Å². The molecule has 0 aliphatic rings. The maximum atomic E-state index is 10.9. The molecule has 0 heterocycles. The summed E-state index contributed by atoms with van der Waals surface area (Å²) in [7, 11) is 0. The number of nitrogens with two attached hydrogens (primary N) is 1. The van der Waals surface area contributed by atoms with Crippen LogP contribution in [-0.4, -0.2) is 28.2 Å². The molecule has 0 saturated heterocycles. The fourth-order valence-corrected chi connectivity index (χ4v) is 1.31. The Hall–Kier alpha value is -1.88. The number of carboxylic acids is 2. The maximum Gasteiger partial charge on any atom is 0.321 e. The highest BCUT2D eigenvalue weighted by atomic mass is 16.4. The molecule has 2 atom stereocenters. The molecule has 0 fully saturated rings. The van der Waals surface area contributed by atoms with Gasteiger partial charge in [-0.15, -0.1) is 0 Å². The van der Waals surface area contributed by atoms with Crippen molar-refractivity contribution in [3.63, 3.8) is 0 Å². The second-order valence-corrected chi connectivity index (χ2v) is 3.09. The Bertz CT molecular complexity index is 363. The molecule has 4 N–H and O–H groups in total. The van der Waals surface area contributed by atoms with Crippen molar-refractivity contribution in [1.29, 1.82) is 0 Å². The van der Waals surface area contributed by atoms with Crippen LogP contribution in [-0.2, 0) is 9.59 Å². The van der Waals surface area contributed by atoms with E-state index >= 15 is 0 Å². The van der Waals surface area contributed by atoms with Crippen molar-refractivity contribution in [2.24, 2.45) is 5.73 Å². The number of carboxylic acid groups (broad SMARTS) is 2. The molecule has 0 aliphatic heterocycles. The molecule has 5 nitrogen and oxygen atoms in total. The molecular formula is C10H11NO4. The Morgan fingerprint density at radius 2 is 1.60 bits per heavy atom. The zero-order valence-electron chi connectivity index (χ0n) is 7.83. The predicted molar refractivity (Wildman–Crippen MR) is 52.4 cm³/mol. The second kappa shape index (κ2) is 4.56. The minimum atomic E-state index is -1.44. The zero-order valence-corrected chi connectivity index (χ0v) is 7.83. The Kier molecular flexibility index (Phi) is 3.41. The van der Waals surface area contributed by atoms with Crippen LogP contribution in [0.15, 0.2) is 30.3 Å². The lowest BCUT2D eigenvalue weighted by Crippen LogP contribution is -2.40. The quantitative estimate of drug-likeness (QED) is 0.660. The van der Waals surface area contributed by atoms with Crippen LogP contribution in [0.2, 0.25) is 0 Å². The van der Waals surface area contributed by atoms with Gasteiger partial charge in [-0.25, -0.2) is 0 Å². The number of hydrogen-bond donors (Lipinski definition) is 3. The van der Waals surface area contributed by atoms with Gasteiger partial charge in [-0.2, -0.15) is 0 Å². The second-order valence-electron chi connectivity index (χ2n) is 3.09. The highest BCUT2D eigenvalue weighted by Gasteiger charge is 2.31. The molecule has 80 valence electrons. The van der Waals surface area contributed by atoms with E-state index in [2.05, 4.69) is 0 Å². The van der Waals surface area contributed by atoms with Crippen molar-refractivity contribution in [2.45, 2.75) is 12.0 Å². The number of benzene rings is 1. The van der Waals surface area contributed by atoms with Crippen molar-refractivity contribution < 1.29 is 19.8 Å². The third kappa shape index (κ3) is 2.54. The molecule has 0 amide bonds. The van der Waals surface area contributed by atoms with Gasteiger partial charge in [0, 0.05) is 0 Å². The van der Waals surface area contributed by atoms with Gasteiger partial charge in [0.2, 0.25) is 0 Å². The van der Waals surface area contributed by atoms with Crippen LogP contribution in [0.1, 0.15) is 11.5 Å². The van der Waals surface area contributed by atoms with Gasteiger partial charge in [0.1, 0.15) is 12.0 Å². The largest absolute Gasteiger partial charge is 0.481 e. The van der Waals surface area contributed by atoms with Crippen molar-refractivity contribution in [2.75, 3.05) is 0 Å². The van der Waals surface area contributed by atoms with Gasteiger partial charge >= 0.3 is 11.9 Å². The summed E-state index contributed by atoms with van der Waals surface area (Å²) in [6.45, 7) is 0. The maximum absolute atomic E-state index is 10.9. The summed E-state index contributed by atoms with van der Waals surface area (Å²) in [5.41, 5.74) is 5.70. The molecule has 0 bridgehead atoms. The van der Waals surface area contributed by atoms with Crippen molar-refractivity contribution in [3.8, 4) is 0 Å². The van der Waals surface area contributed by atoms with Crippen LogP contribution in [0.5, 0.6) is 0 Å². The molecule has 5 heteroatoms. The summed E-state index contributed by atoms with van der Waals surface area (Å²) < 4.78 is 0. The number of carbonyl (C=O) groups is 2. The van der Waals surface area contributed by atoms with E-state index < -0.39 is 23.9 Å². The lowest BCUT2D eigenvalue weighted by molar-refractivity contribution is -0.146. The Labute approximate surface area is 86.1 Å². The molecular weight excluding hydrogens is 198 g/mol. The van der Waals surface area contributed by atoms with E-state index in [0.717, 1.165) is 0 Å². The number of hydrogen-bond acceptors (Lipinski definition) is 3. The van der Waals surface area contributed by atoms with E-state index in [0.29, 0.717) is 5.56 Å². The summed E-state index contributed by atoms with van der Waals surface area (Å²) in [4.78, 5) is 21.5. The Balaban J connectivity index is 3.04. The molecule has 1 rings (SSSR count). The van der Waals surface area contributed by atoms with Gasteiger partial charge < -0.3 is 15.9 Å². The zero-order chi connectivity index (χ0) is 11.4. The summed E-state index contributed by atoms with van der Waals surface area (Å²) >= 11 is 0. The molecule has 0 aromatic heterocycles. The topological polar surface area (TPSA) is 101 Å². The molecule has 0 saturated carbocycles. The van der Waals surface area contributed by atoms with Gasteiger partial charge in [0.15, 0.2) is 0 Å². The first-order valence-corrected chi connectivity index (χ1v) is 4.30. The third-order valence-electron chi connectivity index (χ3n) is 2.07. The Morgan fingerprint density at radius 1 is 1.07 bits per heavy atom.